The third-order valence-corrected chi connectivity index (χ3v) is 6.72. The molecule has 0 bridgehead atoms. The molecule has 10 heteroatoms. The summed E-state index contributed by atoms with van der Waals surface area (Å²) in [5.74, 6) is -0.297. The van der Waals surface area contributed by atoms with E-state index >= 15 is 0 Å². The van der Waals surface area contributed by atoms with Crippen molar-refractivity contribution in [3.05, 3.63) is 83.7 Å². The molecule has 1 atom stereocenters. The fourth-order valence-corrected chi connectivity index (χ4v) is 4.83. The normalized spacial score (nSPS) is 12.0. The van der Waals surface area contributed by atoms with Crippen molar-refractivity contribution in [1.82, 2.24) is 10.0 Å². The minimum absolute atomic E-state index is 0.0388. The number of benzene rings is 3. The SMILES string of the molecule is COc1ccc(CNC(=O)C(Cc2ccccc2)NS(=O)(=O)c2cc(F)ccc2OC)cc1OC. The summed E-state index contributed by atoms with van der Waals surface area (Å²) in [6.45, 7) is 0.121. The van der Waals surface area contributed by atoms with Gasteiger partial charge in [-0.2, -0.15) is 4.72 Å². The monoisotopic (exact) mass is 502 g/mol. The van der Waals surface area contributed by atoms with Crippen LogP contribution >= 0.6 is 0 Å². The van der Waals surface area contributed by atoms with E-state index in [0.29, 0.717) is 11.5 Å². The highest BCUT2D eigenvalue weighted by atomic mass is 32.2. The number of ether oxygens (including phenoxy) is 3. The van der Waals surface area contributed by atoms with Crippen molar-refractivity contribution in [2.24, 2.45) is 0 Å². The Balaban J connectivity index is 1.84. The Bertz CT molecular complexity index is 1270. The maximum absolute atomic E-state index is 13.8. The molecule has 0 radical (unpaired) electrons. The van der Waals surface area contributed by atoms with Gasteiger partial charge in [-0.3, -0.25) is 4.79 Å². The predicted octanol–water partition coefficient (Wildman–Crippen LogP) is 3.06. The van der Waals surface area contributed by atoms with Crippen molar-refractivity contribution < 1.29 is 31.8 Å². The van der Waals surface area contributed by atoms with Crippen LogP contribution in [0.15, 0.2) is 71.6 Å². The number of carbonyl (C=O) groups is 1. The average molecular weight is 503 g/mol. The third kappa shape index (κ3) is 6.71. The topological polar surface area (TPSA) is 103 Å². The first-order chi connectivity index (χ1) is 16.8. The molecule has 3 aromatic rings. The number of rotatable bonds is 11. The molecule has 0 aromatic heterocycles. The van der Waals surface area contributed by atoms with E-state index < -0.39 is 32.7 Å². The first-order valence-electron chi connectivity index (χ1n) is 10.7. The van der Waals surface area contributed by atoms with Crippen molar-refractivity contribution >= 4 is 15.9 Å². The minimum atomic E-state index is -4.30. The van der Waals surface area contributed by atoms with E-state index in [1.165, 1.54) is 27.4 Å². The van der Waals surface area contributed by atoms with Crippen LogP contribution in [0, 0.1) is 5.82 Å². The Kier molecular flexibility index (Phi) is 8.67. The minimum Gasteiger partial charge on any atom is -0.495 e. The lowest BCUT2D eigenvalue weighted by Gasteiger charge is -2.20. The number of hydrogen-bond donors (Lipinski definition) is 2. The summed E-state index contributed by atoms with van der Waals surface area (Å²) in [5.41, 5.74) is 1.47. The van der Waals surface area contributed by atoms with Crippen molar-refractivity contribution in [3.8, 4) is 17.2 Å². The Morgan fingerprint density at radius 3 is 2.17 bits per heavy atom. The fourth-order valence-electron chi connectivity index (χ4n) is 3.45. The zero-order chi connectivity index (χ0) is 25.4. The number of carbonyl (C=O) groups excluding carboxylic acids is 1. The van der Waals surface area contributed by atoms with Crippen LogP contribution in [0.2, 0.25) is 0 Å². The van der Waals surface area contributed by atoms with Crippen molar-refractivity contribution in [2.45, 2.75) is 23.9 Å². The second kappa shape index (κ2) is 11.7. The van der Waals surface area contributed by atoms with Crippen LogP contribution in [0.5, 0.6) is 17.2 Å². The summed E-state index contributed by atoms with van der Waals surface area (Å²) >= 11 is 0. The third-order valence-electron chi connectivity index (χ3n) is 5.23. The van der Waals surface area contributed by atoms with Gasteiger partial charge in [0.2, 0.25) is 15.9 Å². The highest BCUT2D eigenvalue weighted by molar-refractivity contribution is 7.89. The first-order valence-corrected chi connectivity index (χ1v) is 12.1. The number of nitrogens with one attached hydrogen (secondary N) is 2. The van der Waals surface area contributed by atoms with E-state index in [1.807, 2.05) is 6.07 Å². The predicted molar refractivity (Wildman–Crippen MR) is 129 cm³/mol. The molecular weight excluding hydrogens is 475 g/mol. The van der Waals surface area contributed by atoms with Crippen LogP contribution < -0.4 is 24.2 Å². The lowest BCUT2D eigenvalue weighted by molar-refractivity contribution is -0.122. The van der Waals surface area contributed by atoms with E-state index in [9.17, 15) is 17.6 Å². The molecule has 1 unspecified atom stereocenters. The zero-order valence-electron chi connectivity index (χ0n) is 19.6. The molecule has 0 saturated carbocycles. The van der Waals surface area contributed by atoms with E-state index in [1.54, 1.807) is 42.5 Å². The van der Waals surface area contributed by atoms with E-state index in [-0.39, 0.29) is 18.7 Å². The summed E-state index contributed by atoms with van der Waals surface area (Å²) in [6.07, 6.45) is 0.0788. The Morgan fingerprint density at radius 1 is 0.857 bits per heavy atom. The van der Waals surface area contributed by atoms with Gasteiger partial charge in [-0.15, -0.1) is 0 Å². The standard InChI is InChI=1S/C25H27FN2O6S/c1-32-21-11-9-18(14-23(21)34-3)16-27-25(29)20(13-17-7-5-4-6-8-17)28-35(30,31)24-15-19(26)10-12-22(24)33-2/h4-12,14-15,20,28H,13,16H2,1-3H3,(H,27,29). The number of methoxy groups -OCH3 is 3. The number of halogens is 1. The molecule has 2 N–H and O–H groups in total. The maximum Gasteiger partial charge on any atom is 0.245 e. The number of hydrogen-bond acceptors (Lipinski definition) is 6. The smallest absolute Gasteiger partial charge is 0.245 e. The lowest BCUT2D eigenvalue weighted by Crippen LogP contribution is -2.47. The van der Waals surface area contributed by atoms with Crippen LogP contribution in [-0.2, 0) is 27.8 Å². The highest BCUT2D eigenvalue weighted by Crippen LogP contribution is 2.28. The summed E-state index contributed by atoms with van der Waals surface area (Å²) < 4.78 is 58.1. The largest absolute Gasteiger partial charge is 0.495 e. The van der Waals surface area contributed by atoms with E-state index in [2.05, 4.69) is 10.0 Å². The Hall–Kier alpha value is -3.63. The van der Waals surface area contributed by atoms with Gasteiger partial charge in [-0.1, -0.05) is 36.4 Å². The molecule has 3 rings (SSSR count). The summed E-state index contributed by atoms with van der Waals surface area (Å²) in [5, 5.41) is 2.75. The van der Waals surface area contributed by atoms with Crippen molar-refractivity contribution in [1.29, 1.82) is 0 Å². The molecule has 0 aliphatic heterocycles. The van der Waals surface area contributed by atoms with Gasteiger partial charge in [0.25, 0.3) is 0 Å². The molecule has 0 fully saturated rings. The second-order valence-electron chi connectivity index (χ2n) is 7.57. The lowest BCUT2D eigenvalue weighted by atomic mass is 10.1. The summed E-state index contributed by atoms with van der Waals surface area (Å²) in [6, 6.07) is 16.1. The molecule has 0 spiro atoms. The van der Waals surface area contributed by atoms with E-state index in [0.717, 1.165) is 23.3 Å². The molecule has 8 nitrogen and oxygen atoms in total. The zero-order valence-corrected chi connectivity index (χ0v) is 20.4. The Morgan fingerprint density at radius 2 is 1.51 bits per heavy atom. The average Bonchev–Trinajstić information content (AvgIpc) is 2.87. The fraction of sp³-hybridized carbons (Fsp3) is 0.240. The van der Waals surface area contributed by atoms with Gasteiger partial charge in [0.05, 0.1) is 21.3 Å². The molecule has 3 aromatic carbocycles. The second-order valence-corrected chi connectivity index (χ2v) is 9.25. The van der Waals surface area contributed by atoms with Gasteiger partial charge in [-0.25, -0.2) is 12.8 Å². The van der Waals surface area contributed by atoms with Gasteiger partial charge < -0.3 is 19.5 Å². The van der Waals surface area contributed by atoms with Crippen LogP contribution in [-0.4, -0.2) is 41.7 Å². The van der Waals surface area contributed by atoms with Gasteiger partial charge >= 0.3 is 0 Å². The van der Waals surface area contributed by atoms with Crippen molar-refractivity contribution in [2.75, 3.05) is 21.3 Å². The van der Waals surface area contributed by atoms with Crippen LogP contribution in [0.1, 0.15) is 11.1 Å². The molecule has 0 heterocycles. The van der Waals surface area contributed by atoms with Gasteiger partial charge in [0.1, 0.15) is 22.5 Å². The Labute approximate surface area is 204 Å². The van der Waals surface area contributed by atoms with Gasteiger partial charge in [-0.05, 0) is 47.9 Å². The van der Waals surface area contributed by atoms with Crippen LogP contribution in [0.3, 0.4) is 0 Å². The van der Waals surface area contributed by atoms with Crippen LogP contribution in [0.4, 0.5) is 4.39 Å². The molecule has 0 aliphatic rings. The molecule has 186 valence electrons. The first kappa shape index (κ1) is 26.0. The molecular formula is C25H27FN2O6S. The molecule has 35 heavy (non-hydrogen) atoms. The number of amides is 1. The molecule has 0 aliphatic carbocycles. The quantitative estimate of drug-likeness (QED) is 0.418. The van der Waals surface area contributed by atoms with Crippen LogP contribution in [0.25, 0.3) is 0 Å². The summed E-state index contributed by atoms with van der Waals surface area (Å²) in [7, 11) is 0.00298. The van der Waals surface area contributed by atoms with Gasteiger partial charge in [0, 0.05) is 6.54 Å². The molecule has 0 saturated heterocycles. The highest BCUT2D eigenvalue weighted by Gasteiger charge is 2.28. The number of sulfonamides is 1. The van der Waals surface area contributed by atoms with Gasteiger partial charge in [0.15, 0.2) is 11.5 Å². The summed E-state index contributed by atoms with van der Waals surface area (Å²) in [4.78, 5) is 12.7. The maximum atomic E-state index is 13.8. The van der Waals surface area contributed by atoms with Crippen molar-refractivity contribution in [3.63, 3.8) is 0 Å². The molecule has 1 amide bonds. The van der Waals surface area contributed by atoms with E-state index in [4.69, 9.17) is 14.2 Å².